The second-order valence-electron chi connectivity index (χ2n) is 4.16. The third-order valence-corrected chi connectivity index (χ3v) is 3.95. The van der Waals surface area contributed by atoms with Crippen LogP contribution in [0.3, 0.4) is 0 Å². The third kappa shape index (κ3) is 4.53. The van der Waals surface area contributed by atoms with Crippen molar-refractivity contribution in [2.45, 2.75) is 16.2 Å². The number of hydrogen-bond acceptors (Lipinski definition) is 5. The van der Waals surface area contributed by atoms with Crippen LogP contribution < -0.4 is 0 Å². The van der Waals surface area contributed by atoms with Crippen LogP contribution in [0, 0.1) is 0 Å². The molecule has 0 saturated carbocycles. The maximum Gasteiger partial charge on any atom is 0.310 e. The van der Waals surface area contributed by atoms with E-state index in [0.29, 0.717) is 0 Å². The van der Waals surface area contributed by atoms with Crippen LogP contribution in [0.2, 0.25) is 0 Å². The second-order valence-corrected chi connectivity index (χ2v) is 5.46. The summed E-state index contributed by atoms with van der Waals surface area (Å²) in [6.07, 6.45) is 0.261. The van der Waals surface area contributed by atoms with Gasteiger partial charge in [-0.1, -0.05) is 36.0 Å². The molecule has 0 aliphatic carbocycles. The molecule has 0 bridgehead atoms. The van der Waals surface area contributed by atoms with Crippen LogP contribution >= 0.6 is 24.0 Å². The number of nitrogens with zero attached hydrogens (tertiary/aromatic N) is 1. The molecule has 0 spiro atoms. The summed E-state index contributed by atoms with van der Waals surface area (Å²) in [5.41, 5.74) is 1.71. The number of rotatable bonds is 5. The summed E-state index contributed by atoms with van der Waals surface area (Å²) in [4.78, 5) is 17.5. The molecule has 0 amide bonds. The smallest absolute Gasteiger partial charge is 0.310 e. The first kappa shape index (κ1) is 15.4. The van der Waals surface area contributed by atoms with Crippen molar-refractivity contribution in [1.29, 1.82) is 0 Å². The lowest BCUT2D eigenvalue weighted by Crippen LogP contribution is -2.05. The summed E-state index contributed by atoms with van der Waals surface area (Å²) in [6.45, 7) is 0. The molecule has 21 heavy (non-hydrogen) atoms. The van der Waals surface area contributed by atoms with E-state index in [1.807, 2.05) is 48.5 Å². The molecule has 0 aliphatic heterocycles. The second kappa shape index (κ2) is 7.74. The Morgan fingerprint density at radius 1 is 1.29 bits per heavy atom. The Morgan fingerprint density at radius 3 is 2.86 bits per heavy atom. The molecule has 0 unspecified atom stereocenters. The van der Waals surface area contributed by atoms with Crippen LogP contribution in [0.1, 0.15) is 5.56 Å². The Hall–Kier alpha value is -1.94. The fourth-order valence-electron chi connectivity index (χ4n) is 1.77. The van der Waals surface area contributed by atoms with E-state index in [9.17, 15) is 4.79 Å². The van der Waals surface area contributed by atoms with Gasteiger partial charge in [0.15, 0.2) is 0 Å². The van der Waals surface area contributed by atoms with E-state index in [2.05, 4.69) is 22.4 Å². The van der Waals surface area contributed by atoms with Crippen molar-refractivity contribution in [3.8, 4) is 0 Å². The SMILES string of the molecule is COC(=O)Cc1ccccc1Sc1cccc(N=C=S)c1. The van der Waals surface area contributed by atoms with Crippen molar-refractivity contribution < 1.29 is 9.53 Å². The minimum absolute atomic E-state index is 0.248. The van der Waals surface area contributed by atoms with E-state index < -0.39 is 0 Å². The van der Waals surface area contributed by atoms with Crippen LogP contribution in [0.15, 0.2) is 63.3 Å². The van der Waals surface area contributed by atoms with Gasteiger partial charge in [-0.2, -0.15) is 4.99 Å². The topological polar surface area (TPSA) is 38.7 Å². The minimum atomic E-state index is -0.248. The zero-order valence-electron chi connectivity index (χ0n) is 11.4. The number of aliphatic imine (C=N–C) groups is 1. The predicted molar refractivity (Wildman–Crippen MR) is 87.4 cm³/mol. The zero-order chi connectivity index (χ0) is 15.1. The molecule has 0 atom stereocenters. The van der Waals surface area contributed by atoms with Crippen LogP contribution in [0.25, 0.3) is 0 Å². The molecule has 0 saturated heterocycles. The molecule has 0 heterocycles. The first-order valence-electron chi connectivity index (χ1n) is 6.23. The van der Waals surface area contributed by atoms with Gasteiger partial charge in [-0.15, -0.1) is 0 Å². The highest BCUT2D eigenvalue weighted by atomic mass is 32.2. The molecule has 0 fully saturated rings. The lowest BCUT2D eigenvalue weighted by atomic mass is 10.1. The number of thiocarbonyl (C=S) groups is 1. The molecule has 0 N–H and O–H groups in total. The summed E-state index contributed by atoms with van der Waals surface area (Å²) in [5, 5.41) is 2.36. The molecule has 2 aromatic rings. The lowest BCUT2D eigenvalue weighted by Gasteiger charge is -2.08. The van der Waals surface area contributed by atoms with Gasteiger partial charge in [-0.25, -0.2) is 0 Å². The van der Waals surface area contributed by atoms with Gasteiger partial charge in [0.2, 0.25) is 0 Å². The fraction of sp³-hybridized carbons (Fsp3) is 0.125. The molecular formula is C16H13NO2S2. The number of carbonyl (C=O) groups is 1. The molecular weight excluding hydrogens is 302 g/mol. The fourth-order valence-corrected chi connectivity index (χ4v) is 2.88. The normalized spacial score (nSPS) is 9.76. The van der Waals surface area contributed by atoms with Crippen molar-refractivity contribution in [2.24, 2.45) is 4.99 Å². The number of ether oxygens (including phenoxy) is 1. The molecule has 106 valence electrons. The Labute approximate surface area is 133 Å². The summed E-state index contributed by atoms with van der Waals surface area (Å²) in [5.74, 6) is -0.248. The van der Waals surface area contributed by atoms with E-state index in [0.717, 1.165) is 21.0 Å². The van der Waals surface area contributed by atoms with Crippen molar-refractivity contribution in [1.82, 2.24) is 0 Å². The number of carbonyl (C=O) groups excluding carboxylic acids is 1. The quantitative estimate of drug-likeness (QED) is 0.469. The van der Waals surface area contributed by atoms with Gasteiger partial charge >= 0.3 is 5.97 Å². The molecule has 5 heteroatoms. The maximum absolute atomic E-state index is 11.5. The van der Waals surface area contributed by atoms with Crippen molar-refractivity contribution in [2.75, 3.05) is 7.11 Å². The summed E-state index contributed by atoms with van der Waals surface area (Å²) < 4.78 is 4.73. The van der Waals surface area contributed by atoms with Crippen molar-refractivity contribution >= 4 is 40.8 Å². The summed E-state index contributed by atoms with van der Waals surface area (Å²) >= 11 is 6.19. The molecule has 3 nitrogen and oxygen atoms in total. The summed E-state index contributed by atoms with van der Waals surface area (Å²) in [7, 11) is 1.39. The molecule has 0 aromatic heterocycles. The van der Waals surface area contributed by atoms with Gasteiger partial charge in [0.1, 0.15) is 0 Å². The highest BCUT2D eigenvalue weighted by molar-refractivity contribution is 7.99. The van der Waals surface area contributed by atoms with E-state index in [4.69, 9.17) is 4.74 Å². The van der Waals surface area contributed by atoms with E-state index in [1.54, 1.807) is 11.8 Å². The van der Waals surface area contributed by atoms with Gasteiger partial charge in [0, 0.05) is 9.79 Å². The monoisotopic (exact) mass is 315 g/mol. The van der Waals surface area contributed by atoms with Crippen LogP contribution in [0.4, 0.5) is 5.69 Å². The first-order chi connectivity index (χ1) is 10.2. The van der Waals surface area contributed by atoms with Gasteiger partial charge in [0.05, 0.1) is 24.4 Å². The average Bonchev–Trinajstić information content (AvgIpc) is 2.50. The molecule has 0 aliphatic rings. The Morgan fingerprint density at radius 2 is 2.10 bits per heavy atom. The Kier molecular flexibility index (Phi) is 5.69. The number of isothiocyanates is 1. The zero-order valence-corrected chi connectivity index (χ0v) is 13.0. The van der Waals surface area contributed by atoms with Gasteiger partial charge in [-0.05, 0) is 42.0 Å². The third-order valence-electron chi connectivity index (χ3n) is 2.76. The molecule has 0 radical (unpaired) electrons. The van der Waals surface area contributed by atoms with Crippen molar-refractivity contribution in [3.05, 3.63) is 54.1 Å². The van der Waals surface area contributed by atoms with E-state index in [-0.39, 0.29) is 12.4 Å². The highest BCUT2D eigenvalue weighted by Crippen LogP contribution is 2.32. The van der Waals surface area contributed by atoms with Crippen LogP contribution in [0.5, 0.6) is 0 Å². The molecule has 2 rings (SSSR count). The standard InChI is InChI=1S/C16H13NO2S2/c1-19-16(18)9-12-5-2-3-8-15(12)21-14-7-4-6-13(10-14)17-11-20/h2-8,10H,9H2,1H3. The van der Waals surface area contributed by atoms with E-state index >= 15 is 0 Å². The number of esters is 1. The van der Waals surface area contributed by atoms with Gasteiger partial charge in [-0.3, -0.25) is 4.79 Å². The van der Waals surface area contributed by atoms with E-state index in [1.165, 1.54) is 7.11 Å². The predicted octanol–water partition coefficient (Wildman–Crippen LogP) is 4.29. The number of benzene rings is 2. The lowest BCUT2D eigenvalue weighted by molar-refractivity contribution is -0.139. The number of methoxy groups -OCH3 is 1. The largest absolute Gasteiger partial charge is 0.469 e. The highest BCUT2D eigenvalue weighted by Gasteiger charge is 2.09. The maximum atomic E-state index is 11.5. The van der Waals surface area contributed by atoms with Crippen molar-refractivity contribution in [3.63, 3.8) is 0 Å². The van der Waals surface area contributed by atoms with Crippen LogP contribution in [-0.2, 0) is 16.0 Å². The minimum Gasteiger partial charge on any atom is -0.469 e. The van der Waals surface area contributed by atoms with Gasteiger partial charge in [0.25, 0.3) is 0 Å². The summed E-state index contributed by atoms with van der Waals surface area (Å²) in [6, 6.07) is 15.5. The first-order valence-corrected chi connectivity index (χ1v) is 7.46. The van der Waals surface area contributed by atoms with Gasteiger partial charge < -0.3 is 4.74 Å². The van der Waals surface area contributed by atoms with Crippen LogP contribution in [-0.4, -0.2) is 18.2 Å². The number of hydrogen-bond donors (Lipinski definition) is 0. The average molecular weight is 315 g/mol. The molecule has 2 aromatic carbocycles. The Bertz CT molecular complexity index is 694. The Balaban J connectivity index is 2.25.